The first-order chi connectivity index (χ1) is 8.65. The van der Waals surface area contributed by atoms with Gasteiger partial charge in [0.15, 0.2) is 5.82 Å². The molecule has 92 valence electrons. The lowest BCUT2D eigenvalue weighted by Gasteiger charge is -2.01. The van der Waals surface area contributed by atoms with Gasteiger partial charge in [0.1, 0.15) is 5.69 Å². The maximum Gasteiger partial charge on any atom is 0.353 e. The predicted octanol–water partition coefficient (Wildman–Crippen LogP) is 0.684. The molecule has 0 aromatic carbocycles. The Kier molecular flexibility index (Phi) is 3.33. The third-order valence-corrected chi connectivity index (χ3v) is 2.19. The van der Waals surface area contributed by atoms with Gasteiger partial charge in [0.25, 0.3) is 0 Å². The van der Waals surface area contributed by atoms with Crippen LogP contribution in [-0.4, -0.2) is 32.2 Å². The molecule has 1 amide bonds. The van der Waals surface area contributed by atoms with Gasteiger partial charge in [0, 0.05) is 18.5 Å². The summed E-state index contributed by atoms with van der Waals surface area (Å²) in [6.45, 7) is 0. The van der Waals surface area contributed by atoms with E-state index in [1.165, 1.54) is 6.07 Å². The van der Waals surface area contributed by atoms with E-state index < -0.39 is 5.97 Å². The van der Waals surface area contributed by atoms with Gasteiger partial charge in [-0.2, -0.15) is 5.10 Å². The summed E-state index contributed by atoms with van der Waals surface area (Å²) in [6.07, 6.45) is 3.37. The van der Waals surface area contributed by atoms with Crippen LogP contribution in [0.4, 0.5) is 5.82 Å². The number of aromatic nitrogens is 3. The van der Waals surface area contributed by atoms with Crippen molar-refractivity contribution in [2.24, 2.45) is 0 Å². The number of nitrogens with zero attached hydrogens (tertiary/aromatic N) is 2. The molecule has 18 heavy (non-hydrogen) atoms. The number of rotatable bonds is 4. The molecule has 0 saturated heterocycles. The SMILES string of the molecule is O=C(Cc1ccncc1)Nc1cc(C(=O)O)[nH]n1. The summed E-state index contributed by atoms with van der Waals surface area (Å²) < 4.78 is 0. The van der Waals surface area contributed by atoms with Crippen molar-refractivity contribution in [3.63, 3.8) is 0 Å². The zero-order chi connectivity index (χ0) is 13.0. The van der Waals surface area contributed by atoms with Crippen molar-refractivity contribution >= 4 is 17.7 Å². The summed E-state index contributed by atoms with van der Waals surface area (Å²) in [4.78, 5) is 26.1. The molecule has 2 heterocycles. The van der Waals surface area contributed by atoms with Crippen LogP contribution in [0.1, 0.15) is 16.1 Å². The monoisotopic (exact) mass is 246 g/mol. The average Bonchev–Trinajstić information content (AvgIpc) is 2.78. The number of carboxylic acids is 1. The molecule has 0 aliphatic carbocycles. The molecule has 0 fully saturated rings. The number of carbonyl (C=O) groups excluding carboxylic acids is 1. The highest BCUT2D eigenvalue weighted by molar-refractivity contribution is 5.93. The lowest BCUT2D eigenvalue weighted by Crippen LogP contribution is -2.14. The van der Waals surface area contributed by atoms with E-state index in [9.17, 15) is 9.59 Å². The van der Waals surface area contributed by atoms with Crippen molar-refractivity contribution in [3.8, 4) is 0 Å². The lowest BCUT2D eigenvalue weighted by molar-refractivity contribution is -0.115. The van der Waals surface area contributed by atoms with Gasteiger partial charge in [-0.25, -0.2) is 4.79 Å². The van der Waals surface area contributed by atoms with Crippen LogP contribution in [0.2, 0.25) is 0 Å². The summed E-state index contributed by atoms with van der Waals surface area (Å²) >= 11 is 0. The van der Waals surface area contributed by atoms with Crippen LogP contribution in [0.3, 0.4) is 0 Å². The first kappa shape index (κ1) is 11.8. The minimum atomic E-state index is -1.13. The number of hydrogen-bond acceptors (Lipinski definition) is 4. The van der Waals surface area contributed by atoms with E-state index in [-0.39, 0.29) is 23.8 Å². The molecular weight excluding hydrogens is 236 g/mol. The van der Waals surface area contributed by atoms with Gasteiger partial charge in [0.05, 0.1) is 6.42 Å². The number of pyridine rings is 1. The van der Waals surface area contributed by atoms with Gasteiger partial charge in [-0.1, -0.05) is 0 Å². The zero-order valence-corrected chi connectivity index (χ0v) is 9.25. The van der Waals surface area contributed by atoms with E-state index in [1.54, 1.807) is 24.5 Å². The Morgan fingerprint density at radius 2 is 2.06 bits per heavy atom. The van der Waals surface area contributed by atoms with Crippen molar-refractivity contribution in [1.82, 2.24) is 15.2 Å². The van der Waals surface area contributed by atoms with E-state index in [4.69, 9.17) is 5.11 Å². The van der Waals surface area contributed by atoms with Crippen LogP contribution in [0.5, 0.6) is 0 Å². The maximum atomic E-state index is 11.6. The van der Waals surface area contributed by atoms with Crippen LogP contribution in [0, 0.1) is 0 Å². The number of aromatic carboxylic acids is 1. The Labute approximate surface area is 102 Å². The van der Waals surface area contributed by atoms with E-state index in [1.807, 2.05) is 0 Å². The van der Waals surface area contributed by atoms with Gasteiger partial charge in [0.2, 0.25) is 5.91 Å². The van der Waals surface area contributed by atoms with Gasteiger partial charge in [-0.15, -0.1) is 0 Å². The molecule has 7 heteroatoms. The van der Waals surface area contributed by atoms with Crippen LogP contribution >= 0.6 is 0 Å². The number of hydrogen-bond donors (Lipinski definition) is 3. The number of carboxylic acid groups (broad SMARTS) is 1. The van der Waals surface area contributed by atoms with Crippen LogP contribution in [0.25, 0.3) is 0 Å². The molecule has 0 aliphatic rings. The summed E-state index contributed by atoms with van der Waals surface area (Å²) in [6, 6.07) is 4.71. The molecule has 7 nitrogen and oxygen atoms in total. The number of carbonyl (C=O) groups is 2. The first-order valence-corrected chi connectivity index (χ1v) is 5.12. The fraction of sp³-hybridized carbons (Fsp3) is 0.0909. The molecule has 0 atom stereocenters. The Bertz CT molecular complexity index is 565. The molecule has 2 aromatic rings. The largest absolute Gasteiger partial charge is 0.477 e. The Morgan fingerprint density at radius 3 is 2.67 bits per heavy atom. The van der Waals surface area contributed by atoms with Crippen molar-refractivity contribution < 1.29 is 14.7 Å². The fourth-order valence-electron chi connectivity index (χ4n) is 1.37. The van der Waals surface area contributed by atoms with Crippen molar-refractivity contribution in [3.05, 3.63) is 41.9 Å². The van der Waals surface area contributed by atoms with Gasteiger partial charge in [-0.3, -0.25) is 14.9 Å². The van der Waals surface area contributed by atoms with Crippen molar-refractivity contribution in [2.45, 2.75) is 6.42 Å². The second-order valence-corrected chi connectivity index (χ2v) is 3.55. The molecule has 0 bridgehead atoms. The smallest absolute Gasteiger partial charge is 0.353 e. The standard InChI is InChI=1S/C11H10N4O3/c16-10(5-7-1-3-12-4-2-7)13-9-6-8(11(17)18)14-15-9/h1-4,6H,5H2,(H,17,18)(H2,13,14,15,16). The van der Waals surface area contributed by atoms with Gasteiger partial charge >= 0.3 is 5.97 Å². The summed E-state index contributed by atoms with van der Waals surface area (Å²) in [5, 5.41) is 17.1. The second-order valence-electron chi connectivity index (χ2n) is 3.55. The molecule has 2 rings (SSSR count). The Balaban J connectivity index is 1.97. The quantitative estimate of drug-likeness (QED) is 0.735. The molecule has 0 spiro atoms. The number of H-pyrrole nitrogens is 1. The minimum Gasteiger partial charge on any atom is -0.477 e. The minimum absolute atomic E-state index is 0.0748. The molecular formula is C11H10N4O3. The highest BCUT2D eigenvalue weighted by atomic mass is 16.4. The highest BCUT2D eigenvalue weighted by Crippen LogP contribution is 2.06. The molecule has 2 aromatic heterocycles. The topological polar surface area (TPSA) is 108 Å². The highest BCUT2D eigenvalue weighted by Gasteiger charge is 2.10. The zero-order valence-electron chi connectivity index (χ0n) is 9.25. The third-order valence-electron chi connectivity index (χ3n) is 2.19. The molecule has 3 N–H and O–H groups in total. The second kappa shape index (κ2) is 5.09. The first-order valence-electron chi connectivity index (χ1n) is 5.12. The summed E-state index contributed by atoms with van der Waals surface area (Å²) in [5.74, 6) is -1.21. The van der Waals surface area contributed by atoms with Crippen molar-refractivity contribution in [1.29, 1.82) is 0 Å². The van der Waals surface area contributed by atoms with E-state index in [0.717, 1.165) is 5.56 Å². The number of nitrogens with one attached hydrogen (secondary N) is 2. The number of aromatic amines is 1. The van der Waals surface area contributed by atoms with E-state index in [0.29, 0.717) is 0 Å². The molecule has 0 aliphatic heterocycles. The molecule has 0 saturated carbocycles. The van der Waals surface area contributed by atoms with E-state index >= 15 is 0 Å². The molecule has 0 unspecified atom stereocenters. The third kappa shape index (κ3) is 2.91. The fourth-order valence-corrected chi connectivity index (χ4v) is 1.37. The van der Waals surface area contributed by atoms with Gasteiger partial charge < -0.3 is 10.4 Å². The lowest BCUT2D eigenvalue weighted by atomic mass is 10.2. The number of amides is 1. The predicted molar refractivity (Wildman–Crippen MR) is 62.1 cm³/mol. The van der Waals surface area contributed by atoms with Crippen LogP contribution in [0.15, 0.2) is 30.6 Å². The van der Waals surface area contributed by atoms with E-state index in [2.05, 4.69) is 20.5 Å². The summed E-state index contributed by atoms with van der Waals surface area (Å²) in [7, 11) is 0. The van der Waals surface area contributed by atoms with Crippen LogP contribution in [-0.2, 0) is 11.2 Å². The van der Waals surface area contributed by atoms with Crippen molar-refractivity contribution in [2.75, 3.05) is 5.32 Å². The van der Waals surface area contributed by atoms with Gasteiger partial charge in [-0.05, 0) is 17.7 Å². The summed E-state index contributed by atoms with van der Waals surface area (Å²) in [5.41, 5.74) is 0.741. The Morgan fingerprint density at radius 1 is 1.33 bits per heavy atom. The normalized spacial score (nSPS) is 10.0. The number of anilines is 1. The maximum absolute atomic E-state index is 11.6. The Hall–Kier alpha value is -2.70. The average molecular weight is 246 g/mol. The van der Waals surface area contributed by atoms with Crippen LogP contribution < -0.4 is 5.32 Å². The molecule has 0 radical (unpaired) electrons.